The number of carboxylic acids is 1. The minimum absolute atomic E-state index is 0.0811. The second-order valence-corrected chi connectivity index (χ2v) is 6.38. The van der Waals surface area contributed by atoms with Crippen molar-refractivity contribution < 1.29 is 27.8 Å². The maximum absolute atomic E-state index is 12.9. The van der Waals surface area contributed by atoms with Gasteiger partial charge in [-0.1, -0.05) is 18.2 Å². The molecule has 28 heavy (non-hydrogen) atoms. The number of morpholine rings is 1. The fourth-order valence-corrected chi connectivity index (χ4v) is 3.09. The van der Waals surface area contributed by atoms with Gasteiger partial charge in [-0.2, -0.15) is 13.2 Å². The zero-order chi connectivity index (χ0) is 20.1. The Morgan fingerprint density at radius 2 is 1.86 bits per heavy atom. The van der Waals surface area contributed by atoms with Gasteiger partial charge in [-0.15, -0.1) is 0 Å². The van der Waals surface area contributed by atoms with E-state index in [0.717, 1.165) is 17.7 Å². The molecule has 3 rings (SSSR count). The molecule has 2 heterocycles. The predicted octanol–water partition coefficient (Wildman–Crippen LogP) is 3.28. The van der Waals surface area contributed by atoms with Gasteiger partial charge in [0.2, 0.25) is 0 Å². The summed E-state index contributed by atoms with van der Waals surface area (Å²) in [5.41, 5.74) is -0.0417. The third-order valence-electron chi connectivity index (χ3n) is 4.55. The van der Waals surface area contributed by atoms with Gasteiger partial charge < -0.3 is 15.2 Å². The van der Waals surface area contributed by atoms with Crippen LogP contribution in [0.15, 0.2) is 42.5 Å². The summed E-state index contributed by atoms with van der Waals surface area (Å²) < 4.78 is 43.9. The number of ether oxygens (including phenoxy) is 1. The normalized spacial score (nSPS) is 16.5. The number of carboxylic acid groups (broad SMARTS) is 1. The monoisotopic (exact) mass is 395 g/mol. The summed E-state index contributed by atoms with van der Waals surface area (Å²) in [6.45, 7) is 2.75. The molecule has 0 radical (unpaired) electrons. The first kappa shape index (κ1) is 20.1. The van der Waals surface area contributed by atoms with Crippen LogP contribution in [0.25, 0.3) is 0 Å². The van der Waals surface area contributed by atoms with E-state index in [-0.39, 0.29) is 11.7 Å². The number of rotatable bonds is 6. The Kier molecular flexibility index (Phi) is 6.15. The molecule has 1 aromatic heterocycles. The van der Waals surface area contributed by atoms with Gasteiger partial charge in [-0.05, 0) is 29.8 Å². The number of nitrogens with zero attached hydrogens (tertiary/aromatic N) is 2. The fraction of sp³-hybridized carbons (Fsp3) is 0.368. The molecule has 1 atom stereocenters. The fourth-order valence-electron chi connectivity index (χ4n) is 3.09. The molecule has 0 saturated carbocycles. The molecular formula is C19H20F3N3O3. The predicted molar refractivity (Wildman–Crippen MR) is 96.3 cm³/mol. The van der Waals surface area contributed by atoms with Gasteiger partial charge in [0, 0.05) is 19.6 Å². The van der Waals surface area contributed by atoms with Crippen LogP contribution < -0.4 is 5.32 Å². The summed E-state index contributed by atoms with van der Waals surface area (Å²) >= 11 is 0. The number of pyridine rings is 1. The number of carbonyl (C=O) groups is 1. The van der Waals surface area contributed by atoms with Crippen LogP contribution in [0.2, 0.25) is 0 Å². The summed E-state index contributed by atoms with van der Waals surface area (Å²) in [6.07, 6.45) is -4.38. The molecule has 6 nitrogen and oxygen atoms in total. The van der Waals surface area contributed by atoms with Crippen molar-refractivity contribution in [1.29, 1.82) is 0 Å². The quantitative estimate of drug-likeness (QED) is 0.782. The number of aromatic carboxylic acids is 1. The van der Waals surface area contributed by atoms with Crippen LogP contribution in [0.3, 0.4) is 0 Å². The third-order valence-corrected chi connectivity index (χ3v) is 4.55. The number of nitrogens with one attached hydrogen (secondary N) is 1. The minimum atomic E-state index is -4.38. The highest BCUT2D eigenvalue weighted by atomic mass is 19.4. The lowest BCUT2D eigenvalue weighted by molar-refractivity contribution is -0.137. The smallest absolute Gasteiger partial charge is 0.416 e. The summed E-state index contributed by atoms with van der Waals surface area (Å²) in [4.78, 5) is 17.2. The Hall–Kier alpha value is -2.65. The first-order chi connectivity index (χ1) is 13.3. The van der Waals surface area contributed by atoms with Crippen LogP contribution in [0.1, 0.15) is 27.7 Å². The molecule has 0 aliphatic carbocycles. The highest BCUT2D eigenvalue weighted by Crippen LogP contribution is 2.31. The van der Waals surface area contributed by atoms with Crippen LogP contribution in [-0.4, -0.2) is 53.8 Å². The van der Waals surface area contributed by atoms with Crippen molar-refractivity contribution in [3.63, 3.8) is 0 Å². The number of hydrogen-bond donors (Lipinski definition) is 2. The molecule has 0 bridgehead atoms. The zero-order valence-corrected chi connectivity index (χ0v) is 14.9. The Bertz CT molecular complexity index is 806. The van der Waals surface area contributed by atoms with E-state index < -0.39 is 17.7 Å². The van der Waals surface area contributed by atoms with Crippen molar-refractivity contribution in [1.82, 2.24) is 9.88 Å². The van der Waals surface area contributed by atoms with Gasteiger partial charge >= 0.3 is 12.1 Å². The molecule has 1 saturated heterocycles. The molecule has 2 aromatic rings. The van der Waals surface area contributed by atoms with Gasteiger partial charge in [-0.25, -0.2) is 9.78 Å². The molecule has 1 fully saturated rings. The minimum Gasteiger partial charge on any atom is -0.477 e. The van der Waals surface area contributed by atoms with Crippen molar-refractivity contribution in [2.45, 2.75) is 12.2 Å². The first-order valence-corrected chi connectivity index (χ1v) is 8.78. The second-order valence-electron chi connectivity index (χ2n) is 6.38. The molecule has 9 heteroatoms. The lowest BCUT2D eigenvalue weighted by Gasteiger charge is -2.35. The molecule has 1 unspecified atom stereocenters. The average Bonchev–Trinajstić information content (AvgIpc) is 2.69. The highest BCUT2D eigenvalue weighted by molar-refractivity contribution is 5.85. The van der Waals surface area contributed by atoms with Gasteiger partial charge in [0.1, 0.15) is 5.82 Å². The SMILES string of the molecule is O=C(O)c1cccc(NCC(c2ccc(C(F)(F)F)cc2)N2CCOCC2)n1. The van der Waals surface area contributed by atoms with Crippen molar-refractivity contribution in [2.75, 3.05) is 38.2 Å². The number of aromatic nitrogens is 1. The maximum atomic E-state index is 12.9. The molecule has 1 aliphatic heterocycles. The Morgan fingerprint density at radius 1 is 1.18 bits per heavy atom. The first-order valence-electron chi connectivity index (χ1n) is 8.78. The summed E-state index contributed by atoms with van der Waals surface area (Å²) in [7, 11) is 0. The molecule has 150 valence electrons. The number of alkyl halides is 3. The molecule has 1 aliphatic rings. The van der Waals surface area contributed by atoms with Crippen LogP contribution in [0, 0.1) is 0 Å². The molecular weight excluding hydrogens is 375 g/mol. The van der Waals surface area contributed by atoms with Gasteiger partial charge in [0.25, 0.3) is 0 Å². The number of halogens is 3. The van der Waals surface area contributed by atoms with Crippen LogP contribution in [0.4, 0.5) is 19.0 Å². The van der Waals surface area contributed by atoms with Crippen molar-refractivity contribution in [3.05, 3.63) is 59.3 Å². The lowest BCUT2D eigenvalue weighted by Crippen LogP contribution is -2.41. The van der Waals surface area contributed by atoms with Crippen molar-refractivity contribution >= 4 is 11.8 Å². The Morgan fingerprint density at radius 3 is 2.46 bits per heavy atom. The van der Waals surface area contributed by atoms with Crippen LogP contribution in [0.5, 0.6) is 0 Å². The van der Waals surface area contributed by atoms with Crippen LogP contribution in [-0.2, 0) is 10.9 Å². The van der Waals surface area contributed by atoms with Gasteiger partial charge in [0.05, 0.1) is 24.8 Å². The number of hydrogen-bond acceptors (Lipinski definition) is 5. The molecule has 0 amide bonds. The second kappa shape index (κ2) is 8.57. The summed E-state index contributed by atoms with van der Waals surface area (Å²) in [5, 5.41) is 12.2. The van der Waals surface area contributed by atoms with E-state index in [1.54, 1.807) is 12.1 Å². The summed E-state index contributed by atoms with van der Waals surface area (Å²) in [6, 6.07) is 9.52. The Balaban J connectivity index is 1.79. The van der Waals surface area contributed by atoms with E-state index >= 15 is 0 Å². The number of benzene rings is 1. The molecule has 2 N–H and O–H groups in total. The standard InChI is InChI=1S/C19H20F3N3O3/c20-19(21,22)14-6-4-13(5-7-14)16(25-8-10-28-11-9-25)12-23-17-3-1-2-15(24-17)18(26)27/h1-7,16H,8-12H2,(H,23,24)(H,26,27). The van der Waals surface area contributed by atoms with Gasteiger partial charge in [0.15, 0.2) is 5.69 Å². The molecule has 1 aromatic carbocycles. The van der Waals surface area contributed by atoms with Crippen molar-refractivity contribution in [3.8, 4) is 0 Å². The third kappa shape index (κ3) is 4.99. The van der Waals surface area contributed by atoms with E-state index in [2.05, 4.69) is 15.2 Å². The largest absolute Gasteiger partial charge is 0.477 e. The van der Waals surface area contributed by atoms with E-state index in [1.165, 1.54) is 18.2 Å². The van der Waals surface area contributed by atoms with E-state index in [4.69, 9.17) is 9.84 Å². The van der Waals surface area contributed by atoms with Gasteiger partial charge in [-0.3, -0.25) is 4.90 Å². The Labute approximate surface area is 159 Å². The van der Waals surface area contributed by atoms with E-state index in [0.29, 0.717) is 38.7 Å². The molecule has 0 spiro atoms. The van der Waals surface area contributed by atoms with Crippen molar-refractivity contribution in [2.24, 2.45) is 0 Å². The topological polar surface area (TPSA) is 74.7 Å². The van der Waals surface area contributed by atoms with Crippen LogP contribution >= 0.6 is 0 Å². The zero-order valence-electron chi connectivity index (χ0n) is 14.9. The maximum Gasteiger partial charge on any atom is 0.416 e. The average molecular weight is 395 g/mol. The highest BCUT2D eigenvalue weighted by Gasteiger charge is 2.31. The van der Waals surface area contributed by atoms with E-state index in [1.807, 2.05) is 0 Å². The summed E-state index contributed by atoms with van der Waals surface area (Å²) in [5.74, 6) is -0.735. The van der Waals surface area contributed by atoms with E-state index in [9.17, 15) is 18.0 Å². The number of anilines is 1. The lowest BCUT2D eigenvalue weighted by atomic mass is 10.0.